The minimum atomic E-state index is 0.715. The molecule has 228 valence electrons. The molecule has 0 aliphatic rings. The molecular weight excluding hydrogens is 595 g/mol. The van der Waals surface area contributed by atoms with Gasteiger partial charge in [-0.3, -0.25) is 0 Å². The van der Waals surface area contributed by atoms with Crippen molar-refractivity contribution in [2.45, 2.75) is 0 Å². The maximum atomic E-state index is 5.28. The number of nitrogens with zero attached hydrogens (tertiary/aromatic N) is 3. The van der Waals surface area contributed by atoms with E-state index in [2.05, 4.69) is 156 Å². The van der Waals surface area contributed by atoms with Gasteiger partial charge in [0.2, 0.25) is 0 Å². The zero-order chi connectivity index (χ0) is 32.3. The van der Waals surface area contributed by atoms with Gasteiger partial charge in [0.15, 0.2) is 5.82 Å². The SMILES string of the molecule is c1ccc(-c2cc(-c3cc4c5ccccc5c5c(c6ccccc6n5-c5ccccc5)c4c4ccccc34)nc(-c3ccccc3)n2)cc1. The van der Waals surface area contributed by atoms with Crippen LogP contribution in [-0.2, 0) is 0 Å². The second-order valence-corrected chi connectivity index (χ2v) is 12.5. The summed E-state index contributed by atoms with van der Waals surface area (Å²) in [5.41, 5.74) is 8.54. The third-order valence-corrected chi connectivity index (χ3v) is 9.76. The van der Waals surface area contributed by atoms with E-state index in [-0.39, 0.29) is 0 Å². The summed E-state index contributed by atoms with van der Waals surface area (Å²) in [5.74, 6) is 0.715. The Hall–Kier alpha value is -6.58. The first-order valence-electron chi connectivity index (χ1n) is 16.7. The smallest absolute Gasteiger partial charge is 0.160 e. The minimum Gasteiger partial charge on any atom is -0.309 e. The molecule has 10 aromatic rings. The number of para-hydroxylation sites is 2. The van der Waals surface area contributed by atoms with E-state index in [4.69, 9.17) is 9.97 Å². The van der Waals surface area contributed by atoms with Crippen molar-refractivity contribution in [3.05, 3.63) is 176 Å². The Bertz CT molecular complexity index is 2800. The van der Waals surface area contributed by atoms with Gasteiger partial charge in [0, 0.05) is 43.9 Å². The normalized spacial score (nSPS) is 11.7. The summed E-state index contributed by atoms with van der Waals surface area (Å²) in [6.07, 6.45) is 0. The van der Waals surface area contributed by atoms with Crippen molar-refractivity contribution in [1.29, 1.82) is 0 Å². The van der Waals surface area contributed by atoms with Crippen molar-refractivity contribution >= 4 is 54.1 Å². The fourth-order valence-electron chi connectivity index (χ4n) is 7.65. The van der Waals surface area contributed by atoms with E-state index in [0.29, 0.717) is 5.82 Å². The van der Waals surface area contributed by atoms with E-state index in [1.807, 2.05) is 24.3 Å². The molecule has 3 heteroatoms. The van der Waals surface area contributed by atoms with Crippen LogP contribution in [0.5, 0.6) is 0 Å². The Morgan fingerprint density at radius 2 is 0.918 bits per heavy atom. The molecule has 10 rings (SSSR count). The van der Waals surface area contributed by atoms with Gasteiger partial charge in [0.1, 0.15) is 0 Å². The summed E-state index contributed by atoms with van der Waals surface area (Å²) >= 11 is 0. The predicted octanol–water partition coefficient (Wildman–Crippen LogP) is 12.0. The first-order chi connectivity index (χ1) is 24.3. The highest BCUT2D eigenvalue weighted by Crippen LogP contribution is 2.47. The van der Waals surface area contributed by atoms with E-state index in [1.165, 1.54) is 54.1 Å². The molecule has 3 nitrogen and oxygen atoms in total. The number of hydrogen-bond donors (Lipinski definition) is 0. The molecule has 0 amide bonds. The Morgan fingerprint density at radius 1 is 0.367 bits per heavy atom. The topological polar surface area (TPSA) is 30.7 Å². The van der Waals surface area contributed by atoms with Gasteiger partial charge in [-0.2, -0.15) is 0 Å². The largest absolute Gasteiger partial charge is 0.309 e. The van der Waals surface area contributed by atoms with Crippen molar-refractivity contribution in [2.24, 2.45) is 0 Å². The predicted molar refractivity (Wildman–Crippen MR) is 205 cm³/mol. The van der Waals surface area contributed by atoms with Gasteiger partial charge in [0.05, 0.1) is 22.4 Å². The molecule has 0 saturated carbocycles. The van der Waals surface area contributed by atoms with Gasteiger partial charge in [-0.15, -0.1) is 0 Å². The van der Waals surface area contributed by atoms with Crippen LogP contribution in [0.2, 0.25) is 0 Å². The van der Waals surface area contributed by atoms with Crippen LogP contribution in [0.3, 0.4) is 0 Å². The maximum absolute atomic E-state index is 5.28. The number of hydrogen-bond acceptors (Lipinski definition) is 2. The van der Waals surface area contributed by atoms with Crippen LogP contribution in [0.1, 0.15) is 0 Å². The molecule has 0 bridgehead atoms. The maximum Gasteiger partial charge on any atom is 0.160 e. The summed E-state index contributed by atoms with van der Waals surface area (Å²) in [4.78, 5) is 10.4. The van der Waals surface area contributed by atoms with E-state index in [1.54, 1.807) is 0 Å². The molecule has 0 aliphatic carbocycles. The molecule has 0 atom stereocenters. The van der Waals surface area contributed by atoms with Crippen molar-refractivity contribution < 1.29 is 0 Å². The lowest BCUT2D eigenvalue weighted by Crippen LogP contribution is -1.97. The molecule has 0 radical (unpaired) electrons. The molecule has 0 N–H and O–H groups in total. The molecule has 0 unspecified atom stereocenters. The molecule has 8 aromatic carbocycles. The third-order valence-electron chi connectivity index (χ3n) is 9.76. The van der Waals surface area contributed by atoms with Gasteiger partial charge in [-0.1, -0.05) is 146 Å². The van der Waals surface area contributed by atoms with Crippen molar-refractivity contribution in [3.63, 3.8) is 0 Å². The lowest BCUT2D eigenvalue weighted by molar-refractivity contribution is 1.19. The number of fused-ring (bicyclic) bond motifs is 10. The average molecular weight is 624 g/mol. The summed E-state index contributed by atoms with van der Waals surface area (Å²) in [7, 11) is 0. The fraction of sp³-hybridized carbons (Fsp3) is 0. The van der Waals surface area contributed by atoms with Gasteiger partial charge in [-0.05, 0) is 51.9 Å². The van der Waals surface area contributed by atoms with Crippen molar-refractivity contribution in [2.75, 3.05) is 0 Å². The molecule has 0 aliphatic heterocycles. The minimum absolute atomic E-state index is 0.715. The fourth-order valence-corrected chi connectivity index (χ4v) is 7.65. The molecule has 2 heterocycles. The molecule has 0 spiro atoms. The van der Waals surface area contributed by atoms with Crippen LogP contribution in [0.25, 0.3) is 93.7 Å². The van der Waals surface area contributed by atoms with E-state index in [0.717, 1.165) is 33.8 Å². The number of aromatic nitrogens is 3. The van der Waals surface area contributed by atoms with Crippen LogP contribution in [0.4, 0.5) is 0 Å². The highest BCUT2D eigenvalue weighted by molar-refractivity contribution is 6.37. The average Bonchev–Trinajstić information content (AvgIpc) is 3.54. The molecule has 0 saturated heterocycles. The molecular formula is C46H29N3. The Morgan fingerprint density at radius 3 is 1.65 bits per heavy atom. The molecule has 49 heavy (non-hydrogen) atoms. The van der Waals surface area contributed by atoms with E-state index < -0.39 is 0 Å². The van der Waals surface area contributed by atoms with Crippen LogP contribution in [-0.4, -0.2) is 14.5 Å². The highest BCUT2D eigenvalue weighted by atomic mass is 15.0. The van der Waals surface area contributed by atoms with E-state index in [9.17, 15) is 0 Å². The molecule has 2 aromatic heterocycles. The van der Waals surface area contributed by atoms with Gasteiger partial charge in [0.25, 0.3) is 0 Å². The lowest BCUT2D eigenvalue weighted by Gasteiger charge is -2.17. The van der Waals surface area contributed by atoms with Gasteiger partial charge >= 0.3 is 0 Å². The summed E-state index contributed by atoms with van der Waals surface area (Å²) < 4.78 is 2.44. The van der Waals surface area contributed by atoms with Crippen molar-refractivity contribution in [1.82, 2.24) is 14.5 Å². The van der Waals surface area contributed by atoms with Gasteiger partial charge in [-0.25, -0.2) is 9.97 Å². The zero-order valence-corrected chi connectivity index (χ0v) is 26.6. The molecule has 0 fully saturated rings. The Labute approximate surface area is 283 Å². The quantitative estimate of drug-likeness (QED) is 0.183. The third kappa shape index (κ3) is 4.29. The monoisotopic (exact) mass is 623 g/mol. The second kappa shape index (κ2) is 11.0. The highest BCUT2D eigenvalue weighted by Gasteiger charge is 2.22. The van der Waals surface area contributed by atoms with Gasteiger partial charge < -0.3 is 4.57 Å². The van der Waals surface area contributed by atoms with Crippen LogP contribution in [0.15, 0.2) is 176 Å². The number of rotatable bonds is 4. The summed E-state index contributed by atoms with van der Waals surface area (Å²) in [6.45, 7) is 0. The Balaban J connectivity index is 1.38. The van der Waals surface area contributed by atoms with Crippen LogP contribution < -0.4 is 0 Å². The van der Waals surface area contributed by atoms with Crippen LogP contribution in [0, 0.1) is 0 Å². The summed E-state index contributed by atoms with van der Waals surface area (Å²) in [5, 5.41) is 9.82. The van der Waals surface area contributed by atoms with E-state index >= 15 is 0 Å². The summed E-state index contributed by atoms with van der Waals surface area (Å²) in [6, 6.07) is 62.5. The first-order valence-corrected chi connectivity index (χ1v) is 16.7. The lowest BCUT2D eigenvalue weighted by atomic mass is 9.89. The first kappa shape index (κ1) is 27.5. The number of benzene rings is 8. The Kier molecular flexibility index (Phi) is 6.18. The van der Waals surface area contributed by atoms with Crippen molar-refractivity contribution in [3.8, 4) is 39.6 Å². The van der Waals surface area contributed by atoms with Crippen LogP contribution >= 0.6 is 0 Å². The standard InChI is InChI=1S/C46H29N3/c1-4-16-30(17-5-1)40-29-41(48-46(47-40)31-18-6-2-7-19-31)38-28-39-34-23-11-13-25-36(34)45-44(43(39)35-24-12-10-22-33(35)38)37-26-14-15-27-42(37)49(45)32-20-8-3-9-21-32/h1-29H. The zero-order valence-electron chi connectivity index (χ0n) is 26.6. The second-order valence-electron chi connectivity index (χ2n) is 12.5.